The molecule has 0 fully saturated rings. The summed E-state index contributed by atoms with van der Waals surface area (Å²) in [4.78, 5) is 24.7. The lowest BCUT2D eigenvalue weighted by Crippen LogP contribution is -2.45. The molecule has 1 amide bonds. The number of unbranched alkanes of at least 4 members (excludes halogenated alkanes) is 60. The van der Waals surface area contributed by atoms with Crippen LogP contribution in [0, 0.1) is 0 Å². The van der Waals surface area contributed by atoms with Gasteiger partial charge in [0.15, 0.2) is 0 Å². The third-order valence-corrected chi connectivity index (χ3v) is 18.7. The largest absolute Gasteiger partial charge is 0.466 e. The third kappa shape index (κ3) is 71.4. The van der Waals surface area contributed by atoms with E-state index in [9.17, 15) is 19.8 Å². The van der Waals surface area contributed by atoms with Crippen LogP contribution in [0.25, 0.3) is 0 Å². The first kappa shape index (κ1) is 84.3. The number of aliphatic hydroxyl groups excluding tert-OH is 2. The summed E-state index contributed by atoms with van der Waals surface area (Å²) in [6, 6.07) is -0.540. The van der Waals surface area contributed by atoms with E-state index in [1.807, 2.05) is 0 Å². The molecule has 0 aliphatic carbocycles. The van der Waals surface area contributed by atoms with Gasteiger partial charge in [0, 0.05) is 12.8 Å². The molecule has 0 rings (SSSR count). The topological polar surface area (TPSA) is 95.9 Å². The van der Waals surface area contributed by atoms with Crippen LogP contribution < -0.4 is 5.32 Å². The molecule has 2 atom stereocenters. The summed E-state index contributed by atoms with van der Waals surface area (Å²) in [6.45, 7) is 5.00. The molecule has 0 aromatic carbocycles. The van der Waals surface area contributed by atoms with Crippen molar-refractivity contribution < 1.29 is 24.5 Å². The van der Waals surface area contributed by atoms with Crippen LogP contribution in [-0.2, 0) is 14.3 Å². The van der Waals surface area contributed by atoms with Gasteiger partial charge in [-0.25, -0.2) is 0 Å². The number of amides is 1. The van der Waals surface area contributed by atoms with Gasteiger partial charge in [-0.05, 0) is 77.0 Å². The van der Waals surface area contributed by atoms with Crippen LogP contribution in [0.15, 0.2) is 24.3 Å². The maximum absolute atomic E-state index is 12.5. The Morgan fingerprint density at radius 1 is 0.314 bits per heavy atom. The average molecular weight is 1210 g/mol. The zero-order valence-corrected chi connectivity index (χ0v) is 58.6. The summed E-state index contributed by atoms with van der Waals surface area (Å²) in [6.07, 6.45) is 96.9. The van der Waals surface area contributed by atoms with Crippen LogP contribution >= 0.6 is 0 Å². The number of esters is 1. The smallest absolute Gasteiger partial charge is 0.305 e. The highest BCUT2D eigenvalue weighted by Crippen LogP contribution is 2.20. The number of hydrogen-bond donors (Lipinski definition) is 3. The second kappa shape index (κ2) is 75.8. The van der Waals surface area contributed by atoms with Crippen LogP contribution in [0.3, 0.4) is 0 Å². The van der Waals surface area contributed by atoms with Crippen LogP contribution in [0.5, 0.6) is 0 Å². The van der Waals surface area contributed by atoms with Crippen LogP contribution in [0.2, 0.25) is 0 Å². The standard InChI is InChI=1S/C80H155NO5/c1-3-5-7-9-11-13-15-17-19-21-37-42-46-50-54-58-62-66-70-74-80(85)86-75-71-67-63-59-55-51-47-43-39-36-34-32-30-28-26-24-23-25-27-29-31-33-35-38-41-45-49-53-57-61-65-69-73-79(84)81-77(76-82)78(83)72-68-64-60-56-52-48-44-40-22-20-18-16-14-12-10-8-6-4-2/h17,19,26,28,77-78,82-83H,3-16,18,20-25,27,29-76H2,1-2H3,(H,81,84)/b19-17-,28-26-. The fourth-order valence-corrected chi connectivity index (χ4v) is 12.7. The predicted octanol–water partition coefficient (Wildman–Crippen LogP) is 26.0. The molecule has 0 aromatic heterocycles. The van der Waals surface area contributed by atoms with Gasteiger partial charge in [-0.1, -0.05) is 385 Å². The van der Waals surface area contributed by atoms with Crippen LogP contribution in [0.4, 0.5) is 0 Å². The lowest BCUT2D eigenvalue weighted by Gasteiger charge is -2.22. The molecule has 86 heavy (non-hydrogen) atoms. The Bertz CT molecular complexity index is 1350. The summed E-state index contributed by atoms with van der Waals surface area (Å²) in [7, 11) is 0. The molecular formula is C80H155NO5. The summed E-state index contributed by atoms with van der Waals surface area (Å²) in [5.74, 6) is -0.00897. The number of rotatable bonds is 75. The Labute approximate surface area is 539 Å². The quantitative estimate of drug-likeness (QED) is 0.0320. The van der Waals surface area contributed by atoms with Crippen molar-refractivity contribution in [2.24, 2.45) is 0 Å². The maximum atomic E-state index is 12.5. The van der Waals surface area contributed by atoms with E-state index in [1.54, 1.807) is 0 Å². The van der Waals surface area contributed by atoms with Crippen molar-refractivity contribution in [2.75, 3.05) is 13.2 Å². The molecule has 0 saturated heterocycles. The summed E-state index contributed by atoms with van der Waals surface area (Å²) >= 11 is 0. The van der Waals surface area contributed by atoms with E-state index in [4.69, 9.17) is 4.74 Å². The molecule has 6 nitrogen and oxygen atoms in total. The van der Waals surface area contributed by atoms with Crippen molar-refractivity contribution in [3.8, 4) is 0 Å². The number of aliphatic hydroxyl groups is 2. The number of nitrogens with one attached hydrogen (secondary N) is 1. The molecule has 0 radical (unpaired) electrons. The van der Waals surface area contributed by atoms with Gasteiger partial charge >= 0.3 is 5.97 Å². The first-order valence-corrected chi connectivity index (χ1v) is 39.6. The van der Waals surface area contributed by atoms with Gasteiger partial charge in [0.2, 0.25) is 5.91 Å². The van der Waals surface area contributed by atoms with Crippen molar-refractivity contribution in [3.05, 3.63) is 24.3 Å². The number of carbonyl (C=O) groups excluding carboxylic acids is 2. The Hall–Kier alpha value is -1.66. The molecule has 3 N–H and O–H groups in total. The third-order valence-electron chi connectivity index (χ3n) is 18.7. The summed E-state index contributed by atoms with van der Waals surface area (Å²) in [5.41, 5.74) is 0. The van der Waals surface area contributed by atoms with E-state index in [0.717, 1.165) is 38.5 Å². The Morgan fingerprint density at radius 3 is 0.826 bits per heavy atom. The Balaban J connectivity index is 3.34. The van der Waals surface area contributed by atoms with Crippen LogP contribution in [-0.4, -0.2) is 47.4 Å². The average Bonchev–Trinajstić information content (AvgIpc) is 3.54. The van der Waals surface area contributed by atoms with Crippen LogP contribution in [0.1, 0.15) is 450 Å². The number of hydrogen-bond acceptors (Lipinski definition) is 5. The van der Waals surface area contributed by atoms with E-state index in [1.165, 1.54) is 379 Å². The Morgan fingerprint density at radius 2 is 0.547 bits per heavy atom. The monoisotopic (exact) mass is 1210 g/mol. The first-order chi connectivity index (χ1) is 42.5. The molecule has 2 unspecified atom stereocenters. The first-order valence-electron chi connectivity index (χ1n) is 39.6. The van der Waals surface area contributed by atoms with E-state index in [-0.39, 0.29) is 18.5 Å². The molecule has 0 aliphatic rings. The predicted molar refractivity (Wildman–Crippen MR) is 380 cm³/mol. The maximum Gasteiger partial charge on any atom is 0.305 e. The molecule has 0 saturated carbocycles. The molecule has 510 valence electrons. The minimum absolute atomic E-state index is 0.0189. The molecule has 0 aliphatic heterocycles. The zero-order chi connectivity index (χ0) is 62.0. The SMILES string of the molecule is CCCCCCCC/C=C\CCCCCCCCCCCC(=O)OCCCCCCCCCCCCCC/C=C\CCCCCCCCCCCCCCCCCCC(=O)NC(CO)C(O)CCCCCCCCCCCCCCCCCCCC. The van der Waals surface area contributed by atoms with Crippen molar-refractivity contribution in [3.63, 3.8) is 0 Å². The molecule has 6 heteroatoms. The highest BCUT2D eigenvalue weighted by Gasteiger charge is 2.20. The van der Waals surface area contributed by atoms with E-state index < -0.39 is 12.1 Å². The van der Waals surface area contributed by atoms with Gasteiger partial charge in [0.05, 0.1) is 25.4 Å². The molecule has 0 heterocycles. The van der Waals surface area contributed by atoms with Crippen molar-refractivity contribution in [2.45, 2.75) is 463 Å². The van der Waals surface area contributed by atoms with Crippen molar-refractivity contribution >= 4 is 11.9 Å². The van der Waals surface area contributed by atoms with Crippen molar-refractivity contribution in [1.82, 2.24) is 5.32 Å². The Kier molecular flexibility index (Phi) is 74.3. The normalized spacial score (nSPS) is 12.6. The molecular weight excluding hydrogens is 1050 g/mol. The van der Waals surface area contributed by atoms with Crippen molar-refractivity contribution in [1.29, 1.82) is 0 Å². The second-order valence-corrected chi connectivity index (χ2v) is 27.4. The van der Waals surface area contributed by atoms with E-state index in [2.05, 4.69) is 43.5 Å². The number of carbonyl (C=O) groups is 2. The van der Waals surface area contributed by atoms with Gasteiger partial charge < -0.3 is 20.3 Å². The van der Waals surface area contributed by atoms with Gasteiger partial charge in [-0.3, -0.25) is 9.59 Å². The second-order valence-electron chi connectivity index (χ2n) is 27.4. The number of allylic oxidation sites excluding steroid dienone is 4. The minimum Gasteiger partial charge on any atom is -0.466 e. The molecule has 0 spiro atoms. The fourth-order valence-electron chi connectivity index (χ4n) is 12.7. The zero-order valence-electron chi connectivity index (χ0n) is 58.6. The summed E-state index contributed by atoms with van der Waals surface area (Å²) in [5, 5.41) is 23.4. The molecule has 0 aromatic rings. The minimum atomic E-state index is -0.663. The summed E-state index contributed by atoms with van der Waals surface area (Å²) < 4.78 is 5.52. The van der Waals surface area contributed by atoms with Gasteiger partial charge in [-0.2, -0.15) is 0 Å². The van der Waals surface area contributed by atoms with E-state index in [0.29, 0.717) is 25.9 Å². The highest BCUT2D eigenvalue weighted by molar-refractivity contribution is 5.76. The molecule has 0 bridgehead atoms. The lowest BCUT2D eigenvalue weighted by atomic mass is 10.0. The van der Waals surface area contributed by atoms with E-state index >= 15 is 0 Å². The van der Waals surface area contributed by atoms with Gasteiger partial charge in [0.25, 0.3) is 0 Å². The fraction of sp³-hybridized carbons (Fsp3) is 0.925. The van der Waals surface area contributed by atoms with Gasteiger partial charge in [0.1, 0.15) is 0 Å². The van der Waals surface area contributed by atoms with Gasteiger partial charge in [-0.15, -0.1) is 0 Å². The lowest BCUT2D eigenvalue weighted by molar-refractivity contribution is -0.143. The number of ether oxygens (including phenoxy) is 1. The highest BCUT2D eigenvalue weighted by atomic mass is 16.5.